The van der Waals surface area contributed by atoms with E-state index in [-0.39, 0.29) is 6.54 Å². The van der Waals surface area contributed by atoms with Crippen LogP contribution in [0.1, 0.15) is 5.56 Å². The Morgan fingerprint density at radius 3 is 2.73 bits per heavy atom. The third-order valence-electron chi connectivity index (χ3n) is 1.54. The first-order valence-corrected chi connectivity index (χ1v) is 3.95. The quantitative estimate of drug-likeness (QED) is 0.796. The Kier molecular flexibility index (Phi) is 3.13. The number of anilines is 1. The lowest BCUT2D eigenvalue weighted by Gasteiger charge is -2.11. The Morgan fingerprint density at radius 1 is 1.53 bits per heavy atom. The number of hydrogen-bond donors (Lipinski definition) is 2. The van der Waals surface area contributed by atoms with Gasteiger partial charge in [-0.15, -0.1) is 0 Å². The van der Waals surface area contributed by atoms with Crippen LogP contribution in [-0.2, 0) is 11.0 Å². The third-order valence-corrected chi connectivity index (χ3v) is 1.54. The number of carbonyl (C=O) groups is 1. The molecule has 82 valence electrons. The number of rotatable bonds is 3. The van der Waals surface area contributed by atoms with E-state index in [1.807, 2.05) is 0 Å². The Hall–Kier alpha value is -1.79. The summed E-state index contributed by atoms with van der Waals surface area (Å²) < 4.78 is 37.1. The fraction of sp³-hybridized carbons (Fsp3) is 0.250. The minimum absolute atomic E-state index is 0.389. The molecule has 15 heavy (non-hydrogen) atoms. The number of alkyl halides is 3. The van der Waals surface area contributed by atoms with E-state index in [0.29, 0.717) is 0 Å². The van der Waals surface area contributed by atoms with E-state index in [9.17, 15) is 18.0 Å². The maximum absolute atomic E-state index is 12.4. The molecule has 0 aliphatic heterocycles. The summed E-state index contributed by atoms with van der Waals surface area (Å²) in [5, 5.41) is 2.21. The molecule has 4 nitrogen and oxygen atoms in total. The van der Waals surface area contributed by atoms with Crippen molar-refractivity contribution >= 4 is 11.7 Å². The van der Waals surface area contributed by atoms with E-state index >= 15 is 0 Å². The number of carbonyl (C=O) groups excluding carboxylic acids is 1. The van der Waals surface area contributed by atoms with Gasteiger partial charge in [-0.1, -0.05) is 0 Å². The number of pyridine rings is 1. The maximum atomic E-state index is 12.4. The molecule has 7 heteroatoms. The summed E-state index contributed by atoms with van der Waals surface area (Å²) in [5.41, 5.74) is 3.86. The topological polar surface area (TPSA) is 68.0 Å². The van der Waals surface area contributed by atoms with Gasteiger partial charge in [0.1, 0.15) is 5.82 Å². The average molecular weight is 219 g/mol. The fourth-order valence-electron chi connectivity index (χ4n) is 0.946. The summed E-state index contributed by atoms with van der Waals surface area (Å²) >= 11 is 0. The Labute approximate surface area is 83.3 Å². The molecular weight excluding hydrogens is 211 g/mol. The molecule has 0 radical (unpaired) electrons. The van der Waals surface area contributed by atoms with Crippen LogP contribution in [0, 0.1) is 0 Å². The highest BCUT2D eigenvalue weighted by atomic mass is 19.4. The van der Waals surface area contributed by atoms with Gasteiger partial charge in [0.15, 0.2) is 0 Å². The first-order valence-electron chi connectivity index (χ1n) is 3.95. The minimum atomic E-state index is -4.51. The van der Waals surface area contributed by atoms with Crippen molar-refractivity contribution in [3.63, 3.8) is 0 Å². The lowest BCUT2D eigenvalue weighted by molar-refractivity contribution is -0.137. The largest absolute Gasteiger partial charge is 0.419 e. The summed E-state index contributed by atoms with van der Waals surface area (Å²) in [7, 11) is 0. The van der Waals surface area contributed by atoms with Crippen LogP contribution in [0.15, 0.2) is 18.3 Å². The van der Waals surface area contributed by atoms with Crippen molar-refractivity contribution in [1.29, 1.82) is 0 Å². The first kappa shape index (κ1) is 11.3. The van der Waals surface area contributed by atoms with Crippen LogP contribution in [0.25, 0.3) is 0 Å². The third kappa shape index (κ3) is 3.12. The number of halogens is 3. The van der Waals surface area contributed by atoms with Crippen molar-refractivity contribution < 1.29 is 18.0 Å². The number of nitrogens with one attached hydrogen (secondary N) is 1. The Bertz CT molecular complexity index is 364. The monoisotopic (exact) mass is 219 g/mol. The molecule has 0 aliphatic carbocycles. The molecule has 1 aromatic heterocycles. The molecule has 0 saturated carbocycles. The van der Waals surface area contributed by atoms with E-state index in [4.69, 9.17) is 5.73 Å². The molecule has 0 unspecified atom stereocenters. The molecule has 3 N–H and O–H groups in total. The standard InChI is InChI=1S/C8H8F3N3O/c9-8(10,11)5-2-1-3-13-7(5)14-4-6(12)15/h1-3H,4H2,(H2,12,15)(H,13,14). The lowest BCUT2D eigenvalue weighted by atomic mass is 10.2. The second-order valence-electron chi connectivity index (χ2n) is 2.72. The van der Waals surface area contributed by atoms with E-state index < -0.39 is 23.5 Å². The molecule has 0 aromatic carbocycles. The van der Waals surface area contributed by atoms with Crippen LogP contribution in [0.4, 0.5) is 19.0 Å². The first-order chi connectivity index (χ1) is 6.91. The molecule has 0 aliphatic rings. The van der Waals surface area contributed by atoms with Gasteiger partial charge in [-0.3, -0.25) is 4.79 Å². The number of hydrogen-bond acceptors (Lipinski definition) is 3. The van der Waals surface area contributed by atoms with Gasteiger partial charge in [-0.25, -0.2) is 4.98 Å². The van der Waals surface area contributed by atoms with Gasteiger partial charge in [0.25, 0.3) is 0 Å². The van der Waals surface area contributed by atoms with Crippen LogP contribution >= 0.6 is 0 Å². The molecular formula is C8H8F3N3O. The molecule has 0 fully saturated rings. The van der Waals surface area contributed by atoms with Crippen molar-refractivity contribution in [2.24, 2.45) is 5.73 Å². The van der Waals surface area contributed by atoms with Crippen LogP contribution in [-0.4, -0.2) is 17.4 Å². The van der Waals surface area contributed by atoms with Gasteiger partial charge in [0.2, 0.25) is 5.91 Å². The second-order valence-corrected chi connectivity index (χ2v) is 2.72. The van der Waals surface area contributed by atoms with Crippen molar-refractivity contribution in [2.75, 3.05) is 11.9 Å². The highest BCUT2D eigenvalue weighted by molar-refractivity contribution is 5.78. The second kappa shape index (κ2) is 4.16. The molecule has 1 heterocycles. The van der Waals surface area contributed by atoms with Gasteiger partial charge in [-0.05, 0) is 12.1 Å². The number of primary amides is 1. The summed E-state index contributed by atoms with van der Waals surface area (Å²) in [6.07, 6.45) is -3.31. The van der Waals surface area contributed by atoms with E-state index in [2.05, 4.69) is 10.3 Å². The van der Waals surface area contributed by atoms with E-state index in [0.717, 1.165) is 12.1 Å². The molecule has 0 bridgehead atoms. The molecule has 0 spiro atoms. The van der Waals surface area contributed by atoms with Crippen LogP contribution in [0.2, 0.25) is 0 Å². The summed E-state index contributed by atoms with van der Waals surface area (Å²) in [6, 6.07) is 2.04. The minimum Gasteiger partial charge on any atom is -0.368 e. The zero-order valence-corrected chi connectivity index (χ0v) is 7.51. The predicted octanol–water partition coefficient (Wildman–Crippen LogP) is 0.998. The molecule has 1 amide bonds. The molecule has 1 aromatic rings. The molecule has 1 rings (SSSR count). The van der Waals surface area contributed by atoms with Crippen LogP contribution < -0.4 is 11.1 Å². The van der Waals surface area contributed by atoms with Crippen molar-refractivity contribution in [2.45, 2.75) is 6.18 Å². The molecule has 0 saturated heterocycles. The van der Waals surface area contributed by atoms with Gasteiger partial charge in [0.05, 0.1) is 12.1 Å². The zero-order valence-electron chi connectivity index (χ0n) is 7.51. The molecule has 0 atom stereocenters. The number of aromatic nitrogens is 1. The van der Waals surface area contributed by atoms with Crippen molar-refractivity contribution in [1.82, 2.24) is 4.98 Å². The predicted molar refractivity (Wildman–Crippen MR) is 46.9 cm³/mol. The van der Waals surface area contributed by atoms with E-state index in [1.54, 1.807) is 0 Å². The van der Waals surface area contributed by atoms with E-state index in [1.165, 1.54) is 6.20 Å². The summed E-state index contributed by atoms with van der Waals surface area (Å²) in [4.78, 5) is 13.9. The highest BCUT2D eigenvalue weighted by Crippen LogP contribution is 2.33. The fourth-order valence-corrected chi connectivity index (χ4v) is 0.946. The van der Waals surface area contributed by atoms with Gasteiger partial charge < -0.3 is 11.1 Å². The van der Waals surface area contributed by atoms with Gasteiger partial charge in [-0.2, -0.15) is 13.2 Å². The van der Waals surface area contributed by atoms with Crippen molar-refractivity contribution in [3.8, 4) is 0 Å². The lowest BCUT2D eigenvalue weighted by Crippen LogP contribution is -2.23. The Balaban J connectivity index is 2.92. The van der Waals surface area contributed by atoms with Gasteiger partial charge >= 0.3 is 6.18 Å². The number of nitrogens with zero attached hydrogens (tertiary/aromatic N) is 1. The van der Waals surface area contributed by atoms with Gasteiger partial charge in [0, 0.05) is 6.20 Å². The summed E-state index contributed by atoms with van der Waals surface area (Å²) in [6.45, 7) is -0.389. The highest BCUT2D eigenvalue weighted by Gasteiger charge is 2.33. The average Bonchev–Trinajstić information content (AvgIpc) is 2.13. The zero-order chi connectivity index (χ0) is 11.5. The Morgan fingerprint density at radius 2 is 2.20 bits per heavy atom. The maximum Gasteiger partial charge on any atom is 0.419 e. The smallest absolute Gasteiger partial charge is 0.368 e. The van der Waals surface area contributed by atoms with Crippen LogP contribution in [0.5, 0.6) is 0 Å². The van der Waals surface area contributed by atoms with Crippen molar-refractivity contribution in [3.05, 3.63) is 23.9 Å². The normalized spacial score (nSPS) is 11.1. The van der Waals surface area contributed by atoms with Crippen LogP contribution in [0.3, 0.4) is 0 Å². The SMILES string of the molecule is NC(=O)CNc1ncccc1C(F)(F)F. The number of nitrogens with two attached hydrogens (primary N) is 1. The number of amides is 1. The summed E-state index contributed by atoms with van der Waals surface area (Å²) in [5.74, 6) is -1.16.